The molecule has 0 saturated heterocycles. The van der Waals surface area contributed by atoms with Crippen LogP contribution in [0.15, 0.2) is 70.7 Å². The smallest absolute Gasteiger partial charge is 0.295 e. The molecule has 0 radical (unpaired) electrons. The van der Waals surface area contributed by atoms with Crippen molar-refractivity contribution >= 4 is 42.0 Å². The van der Waals surface area contributed by atoms with E-state index in [9.17, 15) is 16.8 Å². The number of ether oxygens (including phenoxy) is 2. The van der Waals surface area contributed by atoms with E-state index >= 15 is 0 Å². The molecule has 0 fully saturated rings. The van der Waals surface area contributed by atoms with Gasteiger partial charge in [0.25, 0.3) is 20.2 Å². The van der Waals surface area contributed by atoms with Gasteiger partial charge in [-0.25, -0.2) is 0 Å². The van der Waals surface area contributed by atoms with Crippen LogP contribution < -0.4 is 9.47 Å². The van der Waals surface area contributed by atoms with Crippen LogP contribution >= 0.6 is 0 Å². The van der Waals surface area contributed by atoms with E-state index in [4.69, 9.17) is 18.6 Å². The molecule has 0 aliphatic heterocycles. The maximum Gasteiger partial charge on any atom is 0.295 e. The van der Waals surface area contributed by atoms with Gasteiger partial charge in [-0.15, -0.1) is 0 Å². The van der Waals surface area contributed by atoms with E-state index < -0.39 is 20.2 Å². The van der Waals surface area contributed by atoms with E-state index in [0.717, 1.165) is 0 Å². The van der Waals surface area contributed by atoms with Crippen LogP contribution in [0.2, 0.25) is 0 Å². The van der Waals surface area contributed by atoms with Crippen molar-refractivity contribution in [2.24, 2.45) is 0 Å². The Bertz CT molecular complexity index is 1420. The number of hydrogen-bond donors (Lipinski definition) is 2. The van der Waals surface area contributed by atoms with Gasteiger partial charge in [0.05, 0.1) is 13.2 Å². The molecule has 0 amide bonds. The Balaban J connectivity index is 0.000000191. The number of nitrogens with zero attached hydrogens (tertiary/aromatic N) is 2. The van der Waals surface area contributed by atoms with E-state index in [0.29, 0.717) is 46.5 Å². The van der Waals surface area contributed by atoms with Crippen LogP contribution in [0, 0.1) is 0 Å². The molecule has 10 nitrogen and oxygen atoms in total. The summed E-state index contributed by atoms with van der Waals surface area (Å²) in [6, 6.07) is 12.0. The fourth-order valence-electron chi connectivity index (χ4n) is 3.23. The second-order valence-electron chi connectivity index (χ2n) is 6.74. The highest BCUT2D eigenvalue weighted by atomic mass is 32.2. The minimum atomic E-state index is -4.26. The monoisotopic (exact) mass is 506 g/mol. The second-order valence-corrected chi connectivity index (χ2v) is 9.52. The van der Waals surface area contributed by atoms with Crippen LogP contribution in [-0.4, -0.2) is 49.1 Å². The van der Waals surface area contributed by atoms with Crippen LogP contribution in [0.3, 0.4) is 0 Å². The van der Waals surface area contributed by atoms with E-state index in [1.807, 2.05) is 13.8 Å². The molecule has 2 aromatic heterocycles. The van der Waals surface area contributed by atoms with Crippen molar-refractivity contribution < 1.29 is 35.4 Å². The number of rotatable bonds is 6. The topological polar surface area (TPSA) is 153 Å². The molecular formula is C22H22N2O8S2. The van der Waals surface area contributed by atoms with Gasteiger partial charge in [-0.2, -0.15) is 16.8 Å². The van der Waals surface area contributed by atoms with E-state index in [1.54, 1.807) is 36.7 Å². The molecule has 4 aromatic rings. The van der Waals surface area contributed by atoms with Crippen molar-refractivity contribution in [1.82, 2.24) is 9.97 Å². The molecule has 2 N–H and O–H groups in total. The molecule has 180 valence electrons. The van der Waals surface area contributed by atoms with Crippen molar-refractivity contribution in [3.8, 4) is 11.5 Å². The second kappa shape index (κ2) is 10.3. The molecule has 0 unspecified atom stereocenters. The molecule has 0 aliphatic rings. The minimum Gasteiger partial charge on any atom is -0.492 e. The molecule has 4 rings (SSSR count). The Morgan fingerprint density at radius 1 is 0.676 bits per heavy atom. The number of benzene rings is 2. The molecule has 0 bridgehead atoms. The number of pyridine rings is 2. The molecule has 2 heterocycles. The molecular weight excluding hydrogens is 484 g/mol. The Morgan fingerprint density at radius 2 is 1.06 bits per heavy atom. The fourth-order valence-corrected chi connectivity index (χ4v) is 4.60. The van der Waals surface area contributed by atoms with Gasteiger partial charge in [0.1, 0.15) is 32.3 Å². The molecule has 0 aliphatic carbocycles. The summed E-state index contributed by atoms with van der Waals surface area (Å²) in [6.45, 7) is 4.56. The quantitative estimate of drug-likeness (QED) is 0.370. The van der Waals surface area contributed by atoms with Crippen LogP contribution in [0.5, 0.6) is 11.5 Å². The Morgan fingerprint density at radius 3 is 1.38 bits per heavy atom. The largest absolute Gasteiger partial charge is 0.492 e. The Labute approximate surface area is 196 Å². The van der Waals surface area contributed by atoms with Gasteiger partial charge in [-0.3, -0.25) is 19.1 Å². The molecule has 0 saturated carbocycles. The van der Waals surface area contributed by atoms with E-state index in [-0.39, 0.29) is 9.79 Å². The summed E-state index contributed by atoms with van der Waals surface area (Å²) in [5.74, 6) is 0.992. The van der Waals surface area contributed by atoms with Gasteiger partial charge >= 0.3 is 0 Å². The summed E-state index contributed by atoms with van der Waals surface area (Å²) in [4.78, 5) is 7.82. The number of fused-ring (bicyclic) bond motifs is 2. The predicted octanol–water partition coefficient (Wildman–Crippen LogP) is 3.76. The number of aromatic nitrogens is 2. The maximum absolute atomic E-state index is 11.2. The minimum absolute atomic E-state index is 0.163. The van der Waals surface area contributed by atoms with Crippen molar-refractivity contribution in [2.45, 2.75) is 23.6 Å². The maximum atomic E-state index is 11.2. The summed E-state index contributed by atoms with van der Waals surface area (Å²) in [5, 5.41) is 0.696. The van der Waals surface area contributed by atoms with Gasteiger partial charge in [-0.1, -0.05) is 0 Å². The predicted molar refractivity (Wildman–Crippen MR) is 125 cm³/mol. The first-order chi connectivity index (χ1) is 16.1. The first-order valence-electron chi connectivity index (χ1n) is 10.0. The summed E-state index contributed by atoms with van der Waals surface area (Å²) < 4.78 is 73.7. The standard InChI is InChI=1S/2C11H11NO4S/c2*1-2-16-9-5-6-10(17(13,14)15)8-4-3-7-12-11(8)9/h2*3-7H,2H2,1H3,(H,13,14,15). The van der Waals surface area contributed by atoms with Gasteiger partial charge in [0.15, 0.2) is 0 Å². The lowest BCUT2D eigenvalue weighted by Crippen LogP contribution is -2.01. The van der Waals surface area contributed by atoms with Crippen molar-refractivity contribution in [3.05, 3.63) is 60.9 Å². The van der Waals surface area contributed by atoms with Crippen LogP contribution in [-0.2, 0) is 20.2 Å². The van der Waals surface area contributed by atoms with E-state index in [1.165, 1.54) is 24.3 Å². The first-order valence-corrected chi connectivity index (χ1v) is 12.9. The van der Waals surface area contributed by atoms with Gasteiger partial charge < -0.3 is 9.47 Å². The first kappa shape index (κ1) is 25.3. The van der Waals surface area contributed by atoms with E-state index in [2.05, 4.69) is 9.97 Å². The van der Waals surface area contributed by atoms with Crippen molar-refractivity contribution in [2.75, 3.05) is 13.2 Å². The molecule has 2 aromatic carbocycles. The zero-order valence-corrected chi connectivity index (χ0v) is 19.9. The molecule has 0 atom stereocenters. The summed E-state index contributed by atoms with van der Waals surface area (Å²) in [7, 11) is -8.51. The van der Waals surface area contributed by atoms with Crippen LogP contribution in [0.4, 0.5) is 0 Å². The summed E-state index contributed by atoms with van der Waals surface area (Å²) in [5.41, 5.74) is 0.842. The van der Waals surface area contributed by atoms with Crippen molar-refractivity contribution in [1.29, 1.82) is 0 Å². The van der Waals surface area contributed by atoms with Crippen molar-refractivity contribution in [3.63, 3.8) is 0 Å². The van der Waals surface area contributed by atoms with Gasteiger partial charge in [0, 0.05) is 23.2 Å². The average molecular weight is 507 g/mol. The van der Waals surface area contributed by atoms with Crippen LogP contribution in [0.1, 0.15) is 13.8 Å². The fraction of sp³-hybridized carbons (Fsp3) is 0.182. The molecule has 12 heteroatoms. The van der Waals surface area contributed by atoms with Gasteiger partial charge in [-0.05, 0) is 62.4 Å². The Hall–Kier alpha value is -3.32. The zero-order valence-electron chi connectivity index (χ0n) is 18.2. The average Bonchev–Trinajstić information content (AvgIpc) is 2.79. The summed E-state index contributed by atoms with van der Waals surface area (Å²) in [6.07, 6.45) is 3.08. The Kier molecular flexibility index (Phi) is 7.67. The van der Waals surface area contributed by atoms with Gasteiger partial charge in [0.2, 0.25) is 0 Å². The lowest BCUT2D eigenvalue weighted by molar-refractivity contribution is 0.343. The third-order valence-corrected chi connectivity index (χ3v) is 6.36. The van der Waals surface area contributed by atoms with Crippen LogP contribution in [0.25, 0.3) is 21.8 Å². The molecule has 0 spiro atoms. The molecule has 34 heavy (non-hydrogen) atoms. The SMILES string of the molecule is CCOc1ccc(S(=O)(=O)O)c2cccnc12.CCOc1ccc(S(=O)(=O)O)c2cccnc12. The summed E-state index contributed by atoms with van der Waals surface area (Å²) >= 11 is 0. The normalized spacial score (nSPS) is 11.6. The zero-order chi connectivity index (χ0) is 24.9. The third kappa shape index (κ3) is 5.59. The third-order valence-electron chi connectivity index (χ3n) is 4.54. The number of hydrogen-bond acceptors (Lipinski definition) is 8. The highest BCUT2D eigenvalue weighted by Gasteiger charge is 2.17. The lowest BCUT2D eigenvalue weighted by Gasteiger charge is -2.08. The highest BCUT2D eigenvalue weighted by Crippen LogP contribution is 2.30. The highest BCUT2D eigenvalue weighted by molar-refractivity contribution is 7.86. The lowest BCUT2D eigenvalue weighted by atomic mass is 10.2.